The number of aliphatic imine (C=N–C) groups is 1. The van der Waals surface area contributed by atoms with Crippen LogP contribution in [0.25, 0.3) is 0 Å². The van der Waals surface area contributed by atoms with Gasteiger partial charge in [-0.15, -0.1) is 0 Å². The Morgan fingerprint density at radius 3 is 2.92 bits per heavy atom. The van der Waals surface area contributed by atoms with Crippen LogP contribution in [0.2, 0.25) is 0 Å². The predicted molar refractivity (Wildman–Crippen MR) is 109 cm³/mol. The van der Waals surface area contributed by atoms with Crippen molar-refractivity contribution >= 4 is 17.7 Å². The fraction of sp³-hybridized carbons (Fsp3) is 0.684. The minimum atomic E-state index is 0.509. The maximum atomic E-state index is 5.50. The Kier molecular flexibility index (Phi) is 9.05. The van der Waals surface area contributed by atoms with E-state index in [0.717, 1.165) is 36.9 Å². The van der Waals surface area contributed by atoms with Gasteiger partial charge < -0.3 is 19.7 Å². The number of methoxy groups -OCH3 is 1. The van der Waals surface area contributed by atoms with Gasteiger partial charge in [0.1, 0.15) is 6.61 Å². The van der Waals surface area contributed by atoms with Gasteiger partial charge in [-0.25, -0.2) is 9.98 Å². The zero-order chi connectivity index (χ0) is 18.8. The highest BCUT2D eigenvalue weighted by Gasteiger charge is 2.24. The van der Waals surface area contributed by atoms with Crippen LogP contribution in [0.4, 0.5) is 0 Å². The van der Waals surface area contributed by atoms with Crippen molar-refractivity contribution in [1.82, 2.24) is 15.2 Å². The molecule has 0 spiro atoms. The molecule has 1 aromatic heterocycles. The predicted octanol–water partition coefficient (Wildman–Crippen LogP) is 2.65. The van der Waals surface area contributed by atoms with Crippen molar-refractivity contribution in [3.63, 3.8) is 0 Å². The summed E-state index contributed by atoms with van der Waals surface area (Å²) in [7, 11) is 1.66. The summed E-state index contributed by atoms with van der Waals surface area (Å²) in [5.74, 6) is 3.46. The van der Waals surface area contributed by atoms with Crippen LogP contribution in [0.3, 0.4) is 0 Å². The number of nitrogens with one attached hydrogen (secondary N) is 1. The van der Waals surface area contributed by atoms with Gasteiger partial charge >= 0.3 is 0 Å². The van der Waals surface area contributed by atoms with E-state index in [-0.39, 0.29) is 0 Å². The molecule has 6 nitrogen and oxygen atoms in total. The average molecular weight is 381 g/mol. The summed E-state index contributed by atoms with van der Waals surface area (Å²) < 4.78 is 10.5. The lowest BCUT2D eigenvalue weighted by atomic mass is 10.1. The van der Waals surface area contributed by atoms with Crippen molar-refractivity contribution in [2.45, 2.75) is 32.6 Å². The molecule has 1 N–H and O–H groups in total. The van der Waals surface area contributed by atoms with Gasteiger partial charge in [0.2, 0.25) is 5.88 Å². The van der Waals surface area contributed by atoms with E-state index in [1.54, 1.807) is 7.11 Å². The van der Waals surface area contributed by atoms with Crippen molar-refractivity contribution < 1.29 is 9.47 Å². The molecule has 1 atom stereocenters. The maximum Gasteiger partial charge on any atom is 0.213 e. The number of hydrogen-bond acceptors (Lipinski definition) is 5. The van der Waals surface area contributed by atoms with E-state index >= 15 is 0 Å². The zero-order valence-corrected chi connectivity index (χ0v) is 17.2. The molecule has 1 fully saturated rings. The van der Waals surface area contributed by atoms with E-state index in [2.05, 4.69) is 47.7 Å². The number of rotatable bonds is 8. The fourth-order valence-corrected chi connectivity index (χ4v) is 3.98. The molecular formula is C19H32N4O2S. The second-order valence-electron chi connectivity index (χ2n) is 6.62. The maximum absolute atomic E-state index is 5.50. The first-order chi connectivity index (χ1) is 12.6. The Morgan fingerprint density at radius 2 is 2.27 bits per heavy atom. The number of hydrogen-bond donors (Lipinski definition) is 1. The summed E-state index contributed by atoms with van der Waals surface area (Å²) >= 11 is 2.08. The van der Waals surface area contributed by atoms with Gasteiger partial charge in [0.15, 0.2) is 5.96 Å². The van der Waals surface area contributed by atoms with E-state index in [0.29, 0.717) is 36.8 Å². The lowest BCUT2D eigenvalue weighted by molar-refractivity contribution is 0.143. The van der Waals surface area contributed by atoms with E-state index in [9.17, 15) is 0 Å². The van der Waals surface area contributed by atoms with Crippen molar-refractivity contribution in [3.8, 4) is 5.88 Å². The summed E-state index contributed by atoms with van der Waals surface area (Å²) in [6.45, 7) is 11.4. The topological polar surface area (TPSA) is 59.0 Å². The molecule has 1 saturated heterocycles. The SMILES string of the molecule is CCNC(=NCc1ccc(OCCOC)nc1)N1CCSC(C(C)C)C1. The largest absolute Gasteiger partial charge is 0.475 e. The van der Waals surface area contributed by atoms with E-state index < -0.39 is 0 Å². The van der Waals surface area contributed by atoms with Gasteiger partial charge in [-0.2, -0.15) is 11.8 Å². The first-order valence-corrected chi connectivity index (χ1v) is 10.4. The van der Waals surface area contributed by atoms with Crippen LogP contribution < -0.4 is 10.1 Å². The van der Waals surface area contributed by atoms with Crippen molar-refractivity contribution in [3.05, 3.63) is 23.9 Å². The number of nitrogens with zero attached hydrogens (tertiary/aromatic N) is 3. The van der Waals surface area contributed by atoms with Gasteiger partial charge in [-0.3, -0.25) is 0 Å². The Bertz CT molecular complexity index is 551. The van der Waals surface area contributed by atoms with Crippen LogP contribution in [0, 0.1) is 5.92 Å². The second kappa shape index (κ2) is 11.3. The highest BCUT2D eigenvalue weighted by Crippen LogP contribution is 2.25. The number of thioether (sulfide) groups is 1. The number of aromatic nitrogens is 1. The van der Waals surface area contributed by atoms with Crippen LogP contribution in [0.5, 0.6) is 5.88 Å². The third kappa shape index (κ3) is 6.68. The number of ether oxygens (including phenoxy) is 2. The third-order valence-corrected chi connectivity index (χ3v) is 5.76. The molecule has 0 aliphatic carbocycles. The van der Waals surface area contributed by atoms with E-state index in [1.165, 1.54) is 0 Å². The van der Waals surface area contributed by atoms with Crippen LogP contribution in [-0.4, -0.2) is 66.8 Å². The van der Waals surface area contributed by atoms with Gasteiger partial charge in [0, 0.05) is 50.0 Å². The minimum absolute atomic E-state index is 0.509. The smallest absolute Gasteiger partial charge is 0.213 e. The van der Waals surface area contributed by atoms with Gasteiger partial charge in [0.05, 0.1) is 13.2 Å². The molecule has 7 heteroatoms. The highest BCUT2D eigenvalue weighted by molar-refractivity contribution is 8.00. The molecule has 0 saturated carbocycles. The van der Waals surface area contributed by atoms with Crippen LogP contribution >= 0.6 is 11.8 Å². The van der Waals surface area contributed by atoms with Gasteiger partial charge in [-0.1, -0.05) is 19.9 Å². The monoisotopic (exact) mass is 380 g/mol. The number of pyridine rings is 1. The standard InChI is InChI=1S/C19H32N4O2S/c1-5-20-19(23-8-11-26-17(14-23)15(2)3)22-13-16-6-7-18(21-12-16)25-10-9-24-4/h6-7,12,15,17H,5,8-11,13-14H2,1-4H3,(H,20,22). The summed E-state index contributed by atoms with van der Waals surface area (Å²) in [5, 5.41) is 4.10. The van der Waals surface area contributed by atoms with Crippen LogP contribution in [0.1, 0.15) is 26.3 Å². The Morgan fingerprint density at radius 1 is 1.42 bits per heavy atom. The van der Waals surface area contributed by atoms with Gasteiger partial charge in [-0.05, 0) is 18.4 Å². The lowest BCUT2D eigenvalue weighted by Crippen LogP contribution is -2.49. The van der Waals surface area contributed by atoms with Crippen LogP contribution in [0.15, 0.2) is 23.3 Å². The lowest BCUT2D eigenvalue weighted by Gasteiger charge is -2.36. The molecule has 0 radical (unpaired) electrons. The van der Waals surface area contributed by atoms with Crippen molar-refractivity contribution in [1.29, 1.82) is 0 Å². The normalized spacial score (nSPS) is 18.3. The fourth-order valence-electron chi connectivity index (χ4n) is 2.68. The summed E-state index contributed by atoms with van der Waals surface area (Å²) in [5.41, 5.74) is 1.08. The molecule has 0 bridgehead atoms. The molecule has 1 aromatic rings. The van der Waals surface area contributed by atoms with Crippen LogP contribution in [-0.2, 0) is 11.3 Å². The van der Waals surface area contributed by atoms with Gasteiger partial charge in [0.25, 0.3) is 0 Å². The number of guanidine groups is 1. The first kappa shape index (κ1) is 20.8. The molecule has 1 aliphatic rings. The zero-order valence-electron chi connectivity index (χ0n) is 16.4. The van der Waals surface area contributed by atoms with Crippen molar-refractivity contribution in [2.24, 2.45) is 10.9 Å². The molecule has 146 valence electrons. The quantitative estimate of drug-likeness (QED) is 0.425. The Labute approximate surface area is 161 Å². The molecule has 2 rings (SSSR count). The Hall–Kier alpha value is -1.47. The third-order valence-electron chi connectivity index (χ3n) is 4.22. The first-order valence-electron chi connectivity index (χ1n) is 9.35. The summed E-state index contributed by atoms with van der Waals surface area (Å²) in [6.07, 6.45) is 1.83. The molecular weight excluding hydrogens is 348 g/mol. The molecule has 0 aromatic carbocycles. The second-order valence-corrected chi connectivity index (χ2v) is 7.96. The molecule has 1 aliphatic heterocycles. The van der Waals surface area contributed by atoms with E-state index in [4.69, 9.17) is 14.5 Å². The summed E-state index contributed by atoms with van der Waals surface area (Å²) in [6, 6.07) is 3.91. The van der Waals surface area contributed by atoms with E-state index in [1.807, 2.05) is 18.3 Å². The molecule has 1 unspecified atom stereocenters. The Balaban J connectivity index is 1.95. The average Bonchev–Trinajstić information content (AvgIpc) is 2.66. The highest BCUT2D eigenvalue weighted by atomic mass is 32.2. The van der Waals surface area contributed by atoms with Crippen molar-refractivity contribution in [2.75, 3.05) is 45.7 Å². The summed E-state index contributed by atoms with van der Waals surface area (Å²) in [4.78, 5) is 11.6. The molecule has 0 amide bonds. The minimum Gasteiger partial charge on any atom is -0.475 e. The molecule has 26 heavy (non-hydrogen) atoms. The molecule has 2 heterocycles.